The van der Waals surface area contributed by atoms with E-state index in [1.165, 1.54) is 25.7 Å². The van der Waals surface area contributed by atoms with Crippen LogP contribution < -0.4 is 9.92 Å². The van der Waals surface area contributed by atoms with E-state index in [0.717, 1.165) is 65.9 Å². The Morgan fingerprint density at radius 1 is 0.941 bits per heavy atom. The summed E-state index contributed by atoms with van der Waals surface area (Å²) in [4.78, 5) is 4.79. The number of rotatable bonds is 14. The van der Waals surface area contributed by atoms with Crippen molar-refractivity contribution in [3.8, 4) is 17.0 Å². The molecule has 1 aliphatic rings. The van der Waals surface area contributed by atoms with Crippen LogP contribution in [-0.4, -0.2) is 32.4 Å². The SMILES string of the molecule is CCCCCCOC(CC)COc1ccc2c(n1)CCc1c-2ccc([Si](C)(C)CCCC)c1F. The quantitative estimate of drug-likeness (QED) is 0.206. The van der Waals surface area contributed by atoms with E-state index in [1.807, 2.05) is 6.07 Å². The molecule has 0 saturated heterocycles. The molecule has 0 spiro atoms. The molecule has 1 aromatic carbocycles. The van der Waals surface area contributed by atoms with E-state index in [0.29, 0.717) is 18.9 Å². The van der Waals surface area contributed by atoms with Crippen LogP contribution in [0.2, 0.25) is 19.1 Å². The first kappa shape index (κ1) is 26.9. The van der Waals surface area contributed by atoms with Crippen LogP contribution >= 0.6 is 0 Å². The highest BCUT2D eigenvalue weighted by Crippen LogP contribution is 2.35. The molecule has 1 aliphatic carbocycles. The van der Waals surface area contributed by atoms with Crippen LogP contribution in [0.1, 0.15) is 77.0 Å². The van der Waals surface area contributed by atoms with Crippen LogP contribution in [0, 0.1) is 5.82 Å². The van der Waals surface area contributed by atoms with Gasteiger partial charge in [0.1, 0.15) is 12.4 Å². The number of pyridine rings is 1. The largest absolute Gasteiger partial charge is 0.475 e. The summed E-state index contributed by atoms with van der Waals surface area (Å²) in [6, 6.07) is 9.31. The maximum Gasteiger partial charge on any atom is 0.213 e. The Kier molecular flexibility index (Phi) is 10.1. The molecule has 5 heteroatoms. The van der Waals surface area contributed by atoms with Gasteiger partial charge in [0.25, 0.3) is 0 Å². The van der Waals surface area contributed by atoms with Crippen LogP contribution in [-0.2, 0) is 17.6 Å². The molecular formula is C29H44FNO2Si. The lowest BCUT2D eigenvalue weighted by atomic mass is 9.88. The van der Waals surface area contributed by atoms with Crippen LogP contribution in [0.5, 0.6) is 5.88 Å². The monoisotopic (exact) mass is 485 g/mol. The number of halogens is 1. The predicted molar refractivity (Wildman–Crippen MR) is 144 cm³/mol. The Morgan fingerprint density at radius 2 is 1.71 bits per heavy atom. The van der Waals surface area contributed by atoms with E-state index in [4.69, 9.17) is 14.5 Å². The van der Waals surface area contributed by atoms with Gasteiger partial charge in [-0.3, -0.25) is 0 Å². The molecule has 0 amide bonds. The van der Waals surface area contributed by atoms with Crippen LogP contribution in [0.3, 0.4) is 0 Å². The van der Waals surface area contributed by atoms with Gasteiger partial charge in [-0.25, -0.2) is 9.37 Å². The Balaban J connectivity index is 1.68. The minimum Gasteiger partial charge on any atom is -0.475 e. The summed E-state index contributed by atoms with van der Waals surface area (Å²) in [6.07, 6.45) is 9.64. The lowest BCUT2D eigenvalue weighted by Crippen LogP contribution is -2.44. The van der Waals surface area contributed by atoms with Gasteiger partial charge in [-0.15, -0.1) is 0 Å². The van der Waals surface area contributed by atoms with Crippen LogP contribution in [0.15, 0.2) is 24.3 Å². The molecule has 0 N–H and O–H groups in total. The van der Waals surface area contributed by atoms with Crippen LogP contribution in [0.4, 0.5) is 4.39 Å². The Morgan fingerprint density at radius 3 is 2.44 bits per heavy atom. The molecule has 0 bridgehead atoms. The summed E-state index contributed by atoms with van der Waals surface area (Å²) < 4.78 is 27.7. The van der Waals surface area contributed by atoms with Crippen molar-refractivity contribution >= 4 is 13.3 Å². The normalized spacial score (nSPS) is 13.9. The number of hydrogen-bond acceptors (Lipinski definition) is 3. The second-order valence-corrected chi connectivity index (χ2v) is 15.2. The fraction of sp³-hybridized carbons (Fsp3) is 0.621. The molecule has 1 aromatic heterocycles. The Hall–Kier alpha value is -1.72. The molecule has 1 atom stereocenters. The lowest BCUT2D eigenvalue weighted by Gasteiger charge is -2.27. The number of aryl methyl sites for hydroxylation is 1. The van der Waals surface area contributed by atoms with Crippen molar-refractivity contribution in [3.63, 3.8) is 0 Å². The zero-order chi connectivity index (χ0) is 24.6. The zero-order valence-corrected chi connectivity index (χ0v) is 23.0. The molecule has 0 radical (unpaired) electrons. The maximum atomic E-state index is 15.6. The van der Waals surface area contributed by atoms with Crippen molar-refractivity contribution in [2.75, 3.05) is 13.2 Å². The van der Waals surface area contributed by atoms with Crippen molar-refractivity contribution in [1.82, 2.24) is 4.98 Å². The van der Waals surface area contributed by atoms with E-state index in [9.17, 15) is 0 Å². The van der Waals surface area contributed by atoms with E-state index < -0.39 is 8.07 Å². The summed E-state index contributed by atoms with van der Waals surface area (Å²) >= 11 is 0. The molecule has 0 saturated carbocycles. The molecule has 188 valence electrons. The molecule has 34 heavy (non-hydrogen) atoms. The fourth-order valence-electron chi connectivity index (χ4n) is 4.88. The average Bonchev–Trinajstić information content (AvgIpc) is 2.84. The van der Waals surface area contributed by atoms with Crippen LogP contribution in [0.25, 0.3) is 11.1 Å². The number of unbranched alkanes of at least 4 members (excludes halogenated alkanes) is 4. The third-order valence-corrected chi connectivity index (χ3v) is 10.7. The molecule has 1 heterocycles. The van der Waals surface area contributed by atoms with Gasteiger partial charge in [-0.05, 0) is 48.1 Å². The molecule has 3 nitrogen and oxygen atoms in total. The molecule has 0 fully saturated rings. The van der Waals surface area contributed by atoms with Gasteiger partial charge in [0.15, 0.2) is 0 Å². The number of nitrogens with zero attached hydrogens (tertiary/aromatic N) is 1. The van der Waals surface area contributed by atoms with Gasteiger partial charge < -0.3 is 9.47 Å². The number of benzene rings is 1. The third-order valence-electron chi connectivity index (χ3n) is 7.20. The van der Waals surface area contributed by atoms with E-state index in [2.05, 4.69) is 52.1 Å². The molecule has 3 rings (SSSR count). The van der Waals surface area contributed by atoms with E-state index in [1.54, 1.807) is 0 Å². The number of aromatic nitrogens is 1. The van der Waals surface area contributed by atoms with E-state index in [-0.39, 0.29) is 11.9 Å². The fourth-order valence-corrected chi connectivity index (χ4v) is 7.66. The Bertz CT molecular complexity index is 931. The van der Waals surface area contributed by atoms with E-state index >= 15 is 4.39 Å². The van der Waals surface area contributed by atoms with Gasteiger partial charge in [-0.1, -0.05) is 84.1 Å². The first-order chi connectivity index (χ1) is 16.4. The highest BCUT2D eigenvalue weighted by atomic mass is 28.3. The highest BCUT2D eigenvalue weighted by molar-refractivity contribution is 6.89. The third kappa shape index (κ3) is 6.69. The average molecular weight is 486 g/mol. The summed E-state index contributed by atoms with van der Waals surface area (Å²) in [5.74, 6) is 0.679. The van der Waals surface area contributed by atoms with Crippen molar-refractivity contribution in [2.45, 2.75) is 104 Å². The minimum absolute atomic E-state index is 0.0399. The second-order valence-electron chi connectivity index (χ2n) is 10.4. The number of fused-ring (bicyclic) bond motifs is 3. The zero-order valence-electron chi connectivity index (χ0n) is 22.0. The maximum absolute atomic E-state index is 15.6. The Labute approximate surface area is 207 Å². The molecule has 1 unspecified atom stereocenters. The number of hydrogen-bond donors (Lipinski definition) is 0. The second kappa shape index (κ2) is 12.8. The molecule has 0 aliphatic heterocycles. The van der Waals surface area contributed by atoms with Crippen molar-refractivity contribution in [1.29, 1.82) is 0 Å². The molecular weight excluding hydrogens is 441 g/mol. The standard InChI is InChI=1S/C29H44FNO2Si/c1-6-9-11-12-19-32-22(8-3)21-33-28-18-15-24-23-14-17-27(34(4,5)20-10-7-2)29(30)25(23)13-16-26(24)31-28/h14-15,17-18,22H,6-13,16,19-21H2,1-5H3. The molecule has 2 aromatic rings. The van der Waals surface area contributed by atoms with Gasteiger partial charge in [0, 0.05) is 18.2 Å². The van der Waals surface area contributed by atoms with Gasteiger partial charge in [-0.2, -0.15) is 0 Å². The summed E-state index contributed by atoms with van der Waals surface area (Å²) in [6.45, 7) is 12.5. The highest BCUT2D eigenvalue weighted by Gasteiger charge is 2.30. The number of ether oxygens (including phenoxy) is 2. The smallest absolute Gasteiger partial charge is 0.213 e. The topological polar surface area (TPSA) is 31.4 Å². The van der Waals surface area contributed by atoms with Gasteiger partial charge in [0.05, 0.1) is 19.9 Å². The first-order valence-electron chi connectivity index (χ1n) is 13.5. The summed E-state index contributed by atoms with van der Waals surface area (Å²) in [5, 5.41) is 0.983. The van der Waals surface area contributed by atoms with Gasteiger partial charge >= 0.3 is 0 Å². The van der Waals surface area contributed by atoms with Crippen molar-refractivity contribution in [3.05, 3.63) is 41.3 Å². The van der Waals surface area contributed by atoms with Gasteiger partial charge in [0.2, 0.25) is 5.88 Å². The summed E-state index contributed by atoms with van der Waals surface area (Å²) in [7, 11) is -1.77. The minimum atomic E-state index is -1.77. The first-order valence-corrected chi connectivity index (χ1v) is 16.7. The van der Waals surface area contributed by atoms with Crippen molar-refractivity contribution in [2.24, 2.45) is 0 Å². The predicted octanol–water partition coefficient (Wildman–Crippen LogP) is 7.46. The summed E-state index contributed by atoms with van der Waals surface area (Å²) in [5.41, 5.74) is 3.93. The van der Waals surface area contributed by atoms with Crippen molar-refractivity contribution < 1.29 is 13.9 Å². The lowest BCUT2D eigenvalue weighted by molar-refractivity contribution is 0.0152.